The van der Waals surface area contributed by atoms with E-state index >= 15 is 0 Å². The fourth-order valence-corrected chi connectivity index (χ4v) is 1.76. The molecule has 5 heteroatoms. The Labute approximate surface area is 98.9 Å². The normalized spacial score (nSPS) is 12.4. The zero-order valence-electron chi connectivity index (χ0n) is 9.12. The van der Waals surface area contributed by atoms with Gasteiger partial charge in [-0.25, -0.2) is 0 Å². The molecule has 0 aromatic heterocycles. The van der Waals surface area contributed by atoms with Crippen molar-refractivity contribution in [2.75, 3.05) is 7.05 Å². The van der Waals surface area contributed by atoms with Gasteiger partial charge in [-0.1, -0.05) is 17.7 Å². The number of aromatic hydroxyl groups is 1. The smallest absolute Gasteiger partial charge is 0.321 e. The molecule has 0 aliphatic rings. The maximum absolute atomic E-state index is 10.8. The topological polar surface area (TPSA) is 69.6 Å². The first-order valence-corrected chi connectivity index (χ1v) is 5.21. The van der Waals surface area contributed by atoms with Crippen molar-refractivity contribution in [2.45, 2.75) is 19.4 Å². The molecule has 1 rings (SSSR count). The standard InChI is InChI=1S/C11H14ClNO3/c1-6-3-7(4-8(12)10(6)14)5-9(13-2)11(15)16/h3-4,9,13-14H,5H2,1-2H3,(H,15,16). The number of benzene rings is 1. The Morgan fingerprint density at radius 2 is 2.19 bits per heavy atom. The Hall–Kier alpha value is -1.26. The monoisotopic (exact) mass is 243 g/mol. The molecule has 1 aromatic carbocycles. The predicted octanol–water partition coefficient (Wildman–Crippen LogP) is 1.57. The first kappa shape index (κ1) is 12.8. The van der Waals surface area contributed by atoms with Gasteiger partial charge in [0.25, 0.3) is 0 Å². The van der Waals surface area contributed by atoms with Crippen LogP contribution < -0.4 is 5.32 Å². The average Bonchev–Trinajstić information content (AvgIpc) is 2.21. The number of carbonyl (C=O) groups is 1. The van der Waals surface area contributed by atoms with E-state index < -0.39 is 12.0 Å². The molecular weight excluding hydrogens is 230 g/mol. The zero-order valence-corrected chi connectivity index (χ0v) is 9.88. The third-order valence-corrected chi connectivity index (χ3v) is 2.69. The molecule has 0 aliphatic carbocycles. The van der Waals surface area contributed by atoms with Gasteiger partial charge in [-0.3, -0.25) is 4.79 Å². The molecule has 0 spiro atoms. The number of rotatable bonds is 4. The Balaban J connectivity index is 2.93. The van der Waals surface area contributed by atoms with Crippen molar-refractivity contribution in [3.63, 3.8) is 0 Å². The van der Waals surface area contributed by atoms with E-state index in [1.165, 1.54) is 0 Å². The van der Waals surface area contributed by atoms with Crippen molar-refractivity contribution in [1.29, 1.82) is 0 Å². The van der Waals surface area contributed by atoms with E-state index in [9.17, 15) is 9.90 Å². The molecule has 0 heterocycles. The molecule has 0 bridgehead atoms. The van der Waals surface area contributed by atoms with Crippen LogP contribution >= 0.6 is 11.6 Å². The number of carboxylic acids is 1. The van der Waals surface area contributed by atoms with E-state index in [1.807, 2.05) is 0 Å². The summed E-state index contributed by atoms with van der Waals surface area (Å²) in [6.07, 6.45) is 0.326. The lowest BCUT2D eigenvalue weighted by Crippen LogP contribution is -2.35. The van der Waals surface area contributed by atoms with E-state index in [0.29, 0.717) is 12.0 Å². The van der Waals surface area contributed by atoms with Crippen LogP contribution in [0.25, 0.3) is 0 Å². The summed E-state index contributed by atoms with van der Waals surface area (Å²) >= 11 is 5.81. The van der Waals surface area contributed by atoms with E-state index in [2.05, 4.69) is 5.32 Å². The number of phenolic OH excluding ortho intramolecular Hbond substituents is 1. The second-order valence-electron chi connectivity index (χ2n) is 3.63. The molecule has 1 atom stereocenters. The molecule has 3 N–H and O–H groups in total. The van der Waals surface area contributed by atoms with Crippen LogP contribution in [0.15, 0.2) is 12.1 Å². The third-order valence-electron chi connectivity index (χ3n) is 2.40. The summed E-state index contributed by atoms with van der Waals surface area (Å²) < 4.78 is 0. The van der Waals surface area contributed by atoms with Gasteiger partial charge in [0, 0.05) is 0 Å². The fourth-order valence-electron chi connectivity index (χ4n) is 1.47. The van der Waals surface area contributed by atoms with Gasteiger partial charge in [0.2, 0.25) is 0 Å². The minimum atomic E-state index is -0.913. The maximum Gasteiger partial charge on any atom is 0.321 e. The van der Waals surface area contributed by atoms with Crippen LogP contribution in [0, 0.1) is 6.92 Å². The minimum Gasteiger partial charge on any atom is -0.506 e. The van der Waals surface area contributed by atoms with Crippen LogP contribution in [0.1, 0.15) is 11.1 Å². The van der Waals surface area contributed by atoms with Crippen molar-refractivity contribution in [1.82, 2.24) is 5.32 Å². The van der Waals surface area contributed by atoms with Crippen molar-refractivity contribution >= 4 is 17.6 Å². The van der Waals surface area contributed by atoms with E-state index in [0.717, 1.165) is 5.56 Å². The number of hydrogen-bond acceptors (Lipinski definition) is 3. The second kappa shape index (κ2) is 5.18. The number of hydrogen-bond donors (Lipinski definition) is 3. The minimum absolute atomic E-state index is 0.0433. The summed E-state index contributed by atoms with van der Waals surface area (Å²) in [6, 6.07) is 2.66. The van der Waals surface area contributed by atoms with E-state index in [-0.39, 0.29) is 10.8 Å². The Kier molecular flexibility index (Phi) is 4.15. The average molecular weight is 244 g/mol. The van der Waals surface area contributed by atoms with Gasteiger partial charge in [-0.05, 0) is 37.6 Å². The number of carboxylic acid groups (broad SMARTS) is 1. The molecular formula is C11H14ClNO3. The van der Waals surface area contributed by atoms with Crippen molar-refractivity contribution in [2.24, 2.45) is 0 Å². The Morgan fingerprint density at radius 1 is 1.56 bits per heavy atom. The van der Waals surface area contributed by atoms with Gasteiger partial charge >= 0.3 is 5.97 Å². The van der Waals surface area contributed by atoms with Gasteiger partial charge in [0.05, 0.1) is 5.02 Å². The maximum atomic E-state index is 10.8. The van der Waals surface area contributed by atoms with E-state index in [4.69, 9.17) is 16.7 Å². The number of aryl methyl sites for hydroxylation is 1. The molecule has 0 radical (unpaired) electrons. The molecule has 0 saturated carbocycles. The third kappa shape index (κ3) is 2.87. The van der Waals surface area contributed by atoms with Crippen LogP contribution in [-0.2, 0) is 11.2 Å². The van der Waals surface area contributed by atoms with Gasteiger partial charge in [0.1, 0.15) is 11.8 Å². The molecule has 0 fully saturated rings. The molecule has 88 valence electrons. The van der Waals surface area contributed by atoms with Gasteiger partial charge in [-0.2, -0.15) is 0 Å². The molecule has 4 nitrogen and oxygen atoms in total. The predicted molar refractivity (Wildman–Crippen MR) is 62.0 cm³/mol. The van der Waals surface area contributed by atoms with Gasteiger partial charge in [-0.15, -0.1) is 0 Å². The number of likely N-dealkylation sites (N-methyl/N-ethyl adjacent to an activating group) is 1. The lowest BCUT2D eigenvalue weighted by atomic mass is 10.0. The van der Waals surface area contributed by atoms with E-state index in [1.54, 1.807) is 26.1 Å². The lowest BCUT2D eigenvalue weighted by Gasteiger charge is -2.12. The second-order valence-corrected chi connectivity index (χ2v) is 4.03. The molecule has 16 heavy (non-hydrogen) atoms. The Bertz CT molecular complexity index is 383. The number of halogens is 1. The summed E-state index contributed by atoms with van der Waals surface area (Å²) in [5, 5.41) is 21.3. The van der Waals surface area contributed by atoms with Crippen LogP contribution in [0.3, 0.4) is 0 Å². The highest BCUT2D eigenvalue weighted by atomic mass is 35.5. The molecule has 1 unspecified atom stereocenters. The fraction of sp³-hybridized carbons (Fsp3) is 0.364. The number of nitrogens with one attached hydrogen (secondary N) is 1. The van der Waals surface area contributed by atoms with Crippen molar-refractivity contribution in [3.8, 4) is 5.75 Å². The van der Waals surface area contributed by atoms with Crippen molar-refractivity contribution in [3.05, 3.63) is 28.3 Å². The van der Waals surface area contributed by atoms with Crippen LogP contribution in [0.4, 0.5) is 0 Å². The largest absolute Gasteiger partial charge is 0.506 e. The highest BCUT2D eigenvalue weighted by molar-refractivity contribution is 6.32. The van der Waals surface area contributed by atoms with Gasteiger partial charge in [0.15, 0.2) is 0 Å². The summed E-state index contributed by atoms with van der Waals surface area (Å²) in [5.41, 5.74) is 1.42. The number of aliphatic carboxylic acids is 1. The first-order valence-electron chi connectivity index (χ1n) is 4.83. The molecule has 0 saturated heterocycles. The lowest BCUT2D eigenvalue weighted by molar-refractivity contribution is -0.139. The summed E-state index contributed by atoms with van der Waals surface area (Å²) in [5.74, 6) is -0.869. The van der Waals surface area contributed by atoms with Crippen LogP contribution in [-0.4, -0.2) is 29.3 Å². The zero-order chi connectivity index (χ0) is 12.3. The van der Waals surface area contributed by atoms with Gasteiger partial charge < -0.3 is 15.5 Å². The van der Waals surface area contributed by atoms with Crippen LogP contribution in [0.2, 0.25) is 5.02 Å². The molecule has 0 amide bonds. The quantitative estimate of drug-likeness (QED) is 0.751. The number of phenols is 1. The van der Waals surface area contributed by atoms with Crippen molar-refractivity contribution < 1.29 is 15.0 Å². The van der Waals surface area contributed by atoms with Crippen LogP contribution in [0.5, 0.6) is 5.75 Å². The first-order chi connectivity index (χ1) is 7.45. The highest BCUT2D eigenvalue weighted by Gasteiger charge is 2.16. The summed E-state index contributed by atoms with van der Waals surface area (Å²) in [7, 11) is 1.59. The SMILES string of the molecule is CNC(Cc1cc(C)c(O)c(Cl)c1)C(=O)O. The summed E-state index contributed by atoms with van der Waals surface area (Å²) in [4.78, 5) is 10.8. The highest BCUT2D eigenvalue weighted by Crippen LogP contribution is 2.28. The molecule has 0 aliphatic heterocycles. The molecule has 1 aromatic rings. The Morgan fingerprint density at radius 3 is 2.62 bits per heavy atom. The summed E-state index contributed by atoms with van der Waals surface area (Å²) in [6.45, 7) is 1.72.